The maximum Gasteiger partial charge on any atom is 0.306 e. The minimum Gasteiger partial charge on any atom is -0.462 e. The molecule has 0 aliphatic carbocycles. The largest absolute Gasteiger partial charge is 0.462 e. The quantitative estimate of drug-likeness (QED) is 0.0262. The average Bonchev–Trinajstić information content (AvgIpc) is 3.28. The van der Waals surface area contributed by atoms with Crippen LogP contribution in [-0.4, -0.2) is 37.2 Å². The van der Waals surface area contributed by atoms with Gasteiger partial charge in [0.1, 0.15) is 13.2 Å². The van der Waals surface area contributed by atoms with Gasteiger partial charge >= 0.3 is 17.9 Å². The van der Waals surface area contributed by atoms with E-state index < -0.39 is 6.10 Å². The van der Waals surface area contributed by atoms with Crippen LogP contribution in [0.25, 0.3) is 0 Å². The Kier molecular flexibility index (Phi) is 49.8. The van der Waals surface area contributed by atoms with Crippen molar-refractivity contribution in [2.24, 2.45) is 0 Å². The predicted octanol–water partition coefficient (Wildman–Crippen LogP) is 17.9. The van der Waals surface area contributed by atoms with Gasteiger partial charge in [-0.15, -0.1) is 0 Å². The number of carbonyl (C=O) groups excluding carboxylic acids is 3. The average molecular weight is 883 g/mol. The normalized spacial score (nSPS) is 12.4. The highest BCUT2D eigenvalue weighted by molar-refractivity contribution is 5.71. The van der Waals surface area contributed by atoms with Crippen molar-refractivity contribution in [1.29, 1.82) is 0 Å². The van der Waals surface area contributed by atoms with E-state index in [4.69, 9.17) is 14.2 Å². The summed E-state index contributed by atoms with van der Waals surface area (Å²) in [6, 6.07) is 0. The lowest BCUT2D eigenvalue weighted by atomic mass is 10.1. The van der Waals surface area contributed by atoms with Gasteiger partial charge in [-0.1, -0.05) is 230 Å². The Labute approximate surface area is 390 Å². The van der Waals surface area contributed by atoms with Crippen molar-refractivity contribution < 1.29 is 28.6 Å². The van der Waals surface area contributed by atoms with Gasteiger partial charge in [0.05, 0.1) is 0 Å². The van der Waals surface area contributed by atoms with Crippen LogP contribution in [0.15, 0.2) is 48.6 Å². The summed E-state index contributed by atoms with van der Waals surface area (Å²) in [6.45, 7) is 6.59. The van der Waals surface area contributed by atoms with Gasteiger partial charge in [0, 0.05) is 19.3 Å². The van der Waals surface area contributed by atoms with Crippen LogP contribution in [-0.2, 0) is 28.6 Å². The summed E-state index contributed by atoms with van der Waals surface area (Å²) in [7, 11) is 0. The summed E-state index contributed by atoms with van der Waals surface area (Å²) in [5.74, 6) is -0.948. The van der Waals surface area contributed by atoms with E-state index in [-0.39, 0.29) is 37.5 Å². The monoisotopic (exact) mass is 883 g/mol. The third kappa shape index (κ3) is 50.2. The second kappa shape index (κ2) is 52.0. The molecule has 0 saturated carbocycles. The third-order valence-corrected chi connectivity index (χ3v) is 11.8. The fraction of sp³-hybridized carbons (Fsp3) is 0.807. The van der Waals surface area contributed by atoms with Gasteiger partial charge in [-0.25, -0.2) is 0 Å². The lowest BCUT2D eigenvalue weighted by molar-refractivity contribution is -0.167. The Morgan fingerprint density at radius 3 is 0.952 bits per heavy atom. The maximum absolute atomic E-state index is 12.8. The molecule has 0 aromatic heterocycles. The molecule has 0 rings (SSSR count). The van der Waals surface area contributed by atoms with Gasteiger partial charge in [0.25, 0.3) is 0 Å². The van der Waals surface area contributed by atoms with Crippen LogP contribution in [0.5, 0.6) is 0 Å². The Morgan fingerprint density at radius 1 is 0.317 bits per heavy atom. The molecule has 6 nitrogen and oxygen atoms in total. The van der Waals surface area contributed by atoms with Gasteiger partial charge in [-0.2, -0.15) is 0 Å². The van der Waals surface area contributed by atoms with Crippen molar-refractivity contribution in [1.82, 2.24) is 0 Å². The first-order valence-electron chi connectivity index (χ1n) is 27.1. The molecule has 0 amide bonds. The predicted molar refractivity (Wildman–Crippen MR) is 270 cm³/mol. The number of hydrogen-bond donors (Lipinski definition) is 0. The highest BCUT2D eigenvalue weighted by atomic mass is 16.6. The van der Waals surface area contributed by atoms with Crippen molar-refractivity contribution >= 4 is 17.9 Å². The molecule has 0 aromatic rings. The number of carbonyl (C=O) groups is 3. The molecule has 0 bridgehead atoms. The van der Waals surface area contributed by atoms with Crippen LogP contribution < -0.4 is 0 Å². The number of hydrogen-bond acceptors (Lipinski definition) is 6. The standard InChI is InChI=1S/C57H102O6/c1-4-7-10-13-16-19-22-24-26-28-30-31-33-35-38-41-44-47-50-56(59)62-53-54(52-61-55(58)49-46-43-40-37-21-18-15-12-9-6-3)63-57(60)51-48-45-42-39-36-34-32-29-27-25-23-20-17-14-11-8-5-2/h25,27,30-32,34,39,42,54H,4-24,26,28-29,33,35-38,40-41,43-53H2,1-3H3/b27-25-,31-30-,34-32-,42-39-. The summed E-state index contributed by atoms with van der Waals surface area (Å²) in [5, 5.41) is 0. The molecule has 366 valence electrons. The zero-order chi connectivity index (χ0) is 45.8. The second-order valence-corrected chi connectivity index (χ2v) is 18.1. The van der Waals surface area contributed by atoms with Crippen LogP contribution in [0, 0.1) is 0 Å². The fourth-order valence-electron chi connectivity index (χ4n) is 7.69. The molecule has 0 N–H and O–H groups in total. The summed E-state index contributed by atoms with van der Waals surface area (Å²) in [5.41, 5.74) is 0. The van der Waals surface area contributed by atoms with Gasteiger partial charge in [0.15, 0.2) is 6.10 Å². The Balaban J connectivity index is 4.40. The van der Waals surface area contributed by atoms with Crippen molar-refractivity contribution in [3.63, 3.8) is 0 Å². The molecule has 1 atom stereocenters. The van der Waals surface area contributed by atoms with E-state index >= 15 is 0 Å². The van der Waals surface area contributed by atoms with E-state index in [1.165, 1.54) is 167 Å². The molecule has 0 fully saturated rings. The molecule has 1 unspecified atom stereocenters. The van der Waals surface area contributed by atoms with E-state index in [2.05, 4.69) is 69.4 Å². The molecule has 0 aromatic carbocycles. The summed E-state index contributed by atoms with van der Waals surface area (Å²) in [6.07, 6.45) is 62.5. The first-order chi connectivity index (χ1) is 31.0. The van der Waals surface area contributed by atoms with E-state index in [0.29, 0.717) is 19.3 Å². The lowest BCUT2D eigenvalue weighted by Crippen LogP contribution is -2.30. The molecular formula is C57H102O6. The van der Waals surface area contributed by atoms with Crippen LogP contribution in [0.2, 0.25) is 0 Å². The van der Waals surface area contributed by atoms with Crippen molar-refractivity contribution in [3.8, 4) is 0 Å². The summed E-state index contributed by atoms with van der Waals surface area (Å²) in [4.78, 5) is 37.9. The van der Waals surface area contributed by atoms with E-state index in [0.717, 1.165) is 64.2 Å². The minimum absolute atomic E-state index is 0.0935. The highest BCUT2D eigenvalue weighted by Gasteiger charge is 2.19. The fourth-order valence-corrected chi connectivity index (χ4v) is 7.69. The molecule has 0 spiro atoms. The van der Waals surface area contributed by atoms with Gasteiger partial charge in [-0.05, 0) is 77.0 Å². The number of rotatable bonds is 49. The Hall–Kier alpha value is -2.63. The highest BCUT2D eigenvalue weighted by Crippen LogP contribution is 2.15. The lowest BCUT2D eigenvalue weighted by Gasteiger charge is -2.18. The number of ether oxygens (including phenoxy) is 3. The second-order valence-electron chi connectivity index (χ2n) is 18.1. The zero-order valence-electron chi connectivity index (χ0n) is 41.8. The molecular weight excluding hydrogens is 781 g/mol. The molecule has 0 aliphatic heterocycles. The summed E-state index contributed by atoms with van der Waals surface area (Å²) >= 11 is 0. The van der Waals surface area contributed by atoms with Gasteiger partial charge < -0.3 is 14.2 Å². The number of esters is 3. The molecule has 0 aliphatic rings. The number of unbranched alkanes of at least 4 members (excludes halogenated alkanes) is 30. The minimum atomic E-state index is -0.799. The molecule has 6 heteroatoms. The van der Waals surface area contributed by atoms with Crippen LogP contribution in [0.4, 0.5) is 0 Å². The first-order valence-corrected chi connectivity index (χ1v) is 27.1. The Bertz CT molecular complexity index is 1110. The van der Waals surface area contributed by atoms with Crippen molar-refractivity contribution in [3.05, 3.63) is 48.6 Å². The topological polar surface area (TPSA) is 78.9 Å². The number of allylic oxidation sites excluding steroid dienone is 8. The van der Waals surface area contributed by atoms with Crippen LogP contribution >= 0.6 is 0 Å². The molecule has 0 saturated heterocycles. The van der Waals surface area contributed by atoms with Crippen molar-refractivity contribution in [2.75, 3.05) is 13.2 Å². The van der Waals surface area contributed by atoms with Crippen molar-refractivity contribution in [2.45, 2.75) is 284 Å². The third-order valence-electron chi connectivity index (χ3n) is 11.8. The Morgan fingerprint density at radius 2 is 0.587 bits per heavy atom. The van der Waals surface area contributed by atoms with E-state index in [1.807, 2.05) is 0 Å². The van der Waals surface area contributed by atoms with E-state index in [1.54, 1.807) is 0 Å². The first kappa shape index (κ1) is 60.4. The molecule has 0 heterocycles. The molecule has 63 heavy (non-hydrogen) atoms. The van der Waals surface area contributed by atoms with E-state index in [9.17, 15) is 14.4 Å². The smallest absolute Gasteiger partial charge is 0.306 e. The van der Waals surface area contributed by atoms with Crippen LogP contribution in [0.1, 0.15) is 278 Å². The van der Waals surface area contributed by atoms with Gasteiger partial charge in [0.2, 0.25) is 0 Å². The van der Waals surface area contributed by atoms with Gasteiger partial charge in [-0.3, -0.25) is 14.4 Å². The zero-order valence-corrected chi connectivity index (χ0v) is 41.8. The maximum atomic E-state index is 12.8. The summed E-state index contributed by atoms with van der Waals surface area (Å²) < 4.78 is 16.7. The SMILES string of the molecule is CCCCCCCC/C=C\C/C=C\C/C=C\CCCC(=O)OC(COC(=O)CCCCCCC/C=C\CCCCCCCCCCC)COC(=O)CCCCCCCCCCCC. The van der Waals surface area contributed by atoms with Crippen LogP contribution in [0.3, 0.4) is 0 Å². The molecule has 0 radical (unpaired) electrons.